The van der Waals surface area contributed by atoms with Crippen LogP contribution in [0.3, 0.4) is 0 Å². The number of rotatable bonds is 5. The van der Waals surface area contributed by atoms with Crippen molar-refractivity contribution < 1.29 is 17.9 Å². The molecule has 0 aromatic heterocycles. The number of ether oxygens (including phenoxy) is 1. The first-order valence-corrected chi connectivity index (χ1v) is 6.98. The molecule has 0 radical (unpaired) electrons. The summed E-state index contributed by atoms with van der Waals surface area (Å²) in [5, 5.41) is 3.19. The summed E-state index contributed by atoms with van der Waals surface area (Å²) >= 11 is 0. The van der Waals surface area contributed by atoms with Gasteiger partial charge in [0.25, 0.3) is 0 Å². The summed E-state index contributed by atoms with van der Waals surface area (Å²) in [6, 6.07) is 5.86. The average Bonchev–Trinajstić information content (AvgIpc) is 2.42. The van der Waals surface area contributed by atoms with Gasteiger partial charge in [-0.3, -0.25) is 0 Å². The number of hydrogen-bond acceptors (Lipinski definition) is 2. The highest BCUT2D eigenvalue weighted by molar-refractivity contribution is 5.55. The Bertz CT molecular complexity index is 445. The summed E-state index contributed by atoms with van der Waals surface area (Å²) in [4.78, 5) is 0. The molecule has 2 nitrogen and oxygen atoms in total. The third-order valence-electron chi connectivity index (χ3n) is 3.71. The van der Waals surface area contributed by atoms with Gasteiger partial charge in [-0.1, -0.05) is 25.5 Å². The Morgan fingerprint density at radius 1 is 1.35 bits per heavy atom. The zero-order valence-electron chi connectivity index (χ0n) is 11.6. The first-order chi connectivity index (χ1) is 9.49. The number of nitrogens with one attached hydrogen (secondary N) is 1. The molecule has 0 amide bonds. The molecule has 1 aliphatic heterocycles. The third-order valence-corrected chi connectivity index (χ3v) is 3.71. The highest BCUT2D eigenvalue weighted by Crippen LogP contribution is 2.28. The molecule has 0 spiro atoms. The topological polar surface area (TPSA) is 21.3 Å². The van der Waals surface area contributed by atoms with Crippen LogP contribution in [0.1, 0.15) is 30.9 Å². The predicted molar refractivity (Wildman–Crippen MR) is 72.7 cm³/mol. The molecular weight excluding hydrogens is 267 g/mol. The van der Waals surface area contributed by atoms with Crippen molar-refractivity contribution in [3.8, 4) is 0 Å². The van der Waals surface area contributed by atoms with Gasteiger partial charge in [-0.2, -0.15) is 13.2 Å². The number of anilines is 1. The number of halogens is 3. The number of fused-ring (bicyclic) bond motifs is 1. The maximum absolute atomic E-state index is 12.4. The molecule has 5 heteroatoms. The van der Waals surface area contributed by atoms with Gasteiger partial charge in [0, 0.05) is 18.7 Å². The van der Waals surface area contributed by atoms with E-state index in [4.69, 9.17) is 4.74 Å². The fourth-order valence-corrected chi connectivity index (χ4v) is 2.53. The Balaban J connectivity index is 1.99. The van der Waals surface area contributed by atoms with Crippen molar-refractivity contribution in [2.24, 2.45) is 5.92 Å². The van der Waals surface area contributed by atoms with Gasteiger partial charge < -0.3 is 10.1 Å². The lowest BCUT2D eigenvalue weighted by Gasteiger charge is -2.23. The number of benzene rings is 1. The molecule has 1 N–H and O–H groups in total. The Kier molecular flexibility index (Phi) is 4.91. The molecule has 1 heterocycles. The van der Waals surface area contributed by atoms with Gasteiger partial charge in [-0.25, -0.2) is 0 Å². The third kappa shape index (κ3) is 4.13. The highest BCUT2D eigenvalue weighted by atomic mass is 19.4. The van der Waals surface area contributed by atoms with Crippen LogP contribution in [0.15, 0.2) is 18.2 Å². The van der Waals surface area contributed by atoms with E-state index in [0.29, 0.717) is 26.2 Å². The van der Waals surface area contributed by atoms with Crippen molar-refractivity contribution in [1.29, 1.82) is 0 Å². The molecular formula is C15H20F3NO. The van der Waals surface area contributed by atoms with Gasteiger partial charge in [0.15, 0.2) is 0 Å². The van der Waals surface area contributed by atoms with E-state index in [1.165, 1.54) is 5.56 Å². The molecule has 0 bridgehead atoms. The molecule has 0 saturated heterocycles. The second-order valence-corrected chi connectivity index (χ2v) is 5.22. The van der Waals surface area contributed by atoms with Crippen molar-refractivity contribution in [2.45, 2.75) is 39.0 Å². The lowest BCUT2D eigenvalue weighted by Crippen LogP contribution is -2.22. The molecule has 0 fully saturated rings. The van der Waals surface area contributed by atoms with E-state index in [9.17, 15) is 13.2 Å². The fraction of sp³-hybridized carbons (Fsp3) is 0.600. The zero-order valence-corrected chi connectivity index (χ0v) is 11.6. The number of hydrogen-bond donors (Lipinski definition) is 1. The van der Waals surface area contributed by atoms with Crippen LogP contribution in [-0.2, 0) is 17.8 Å². The van der Waals surface area contributed by atoms with Gasteiger partial charge in [-0.15, -0.1) is 0 Å². The molecule has 0 saturated carbocycles. The van der Waals surface area contributed by atoms with Crippen molar-refractivity contribution in [3.05, 3.63) is 29.3 Å². The SMILES string of the molecule is CCC(CNc1cccc2c1CCOC2)CC(F)(F)F. The summed E-state index contributed by atoms with van der Waals surface area (Å²) < 4.78 is 42.7. The van der Waals surface area contributed by atoms with Crippen LogP contribution in [0, 0.1) is 5.92 Å². The molecule has 1 unspecified atom stereocenters. The maximum Gasteiger partial charge on any atom is 0.389 e. The molecule has 112 valence electrons. The van der Waals surface area contributed by atoms with E-state index in [1.807, 2.05) is 18.2 Å². The molecule has 20 heavy (non-hydrogen) atoms. The van der Waals surface area contributed by atoms with Gasteiger partial charge in [0.1, 0.15) is 0 Å². The monoisotopic (exact) mass is 287 g/mol. The van der Waals surface area contributed by atoms with E-state index < -0.39 is 12.6 Å². The van der Waals surface area contributed by atoms with Crippen LogP contribution in [0.5, 0.6) is 0 Å². The van der Waals surface area contributed by atoms with Crippen molar-refractivity contribution in [1.82, 2.24) is 0 Å². The van der Waals surface area contributed by atoms with E-state index >= 15 is 0 Å². The van der Waals surface area contributed by atoms with E-state index in [2.05, 4.69) is 5.32 Å². The normalized spacial score (nSPS) is 16.6. The van der Waals surface area contributed by atoms with Crippen molar-refractivity contribution in [3.63, 3.8) is 0 Å². The molecule has 1 aliphatic rings. The number of alkyl halides is 3. The van der Waals surface area contributed by atoms with E-state index in [1.54, 1.807) is 6.92 Å². The summed E-state index contributed by atoms with van der Waals surface area (Å²) in [5.41, 5.74) is 3.26. The van der Waals surface area contributed by atoms with Crippen molar-refractivity contribution in [2.75, 3.05) is 18.5 Å². The fourth-order valence-electron chi connectivity index (χ4n) is 2.53. The lowest BCUT2D eigenvalue weighted by atomic mass is 9.99. The maximum atomic E-state index is 12.4. The van der Waals surface area contributed by atoms with Gasteiger partial charge in [0.2, 0.25) is 0 Å². The standard InChI is InChI=1S/C15H20F3NO/c1-2-11(8-15(16,17)18)9-19-14-5-3-4-12-10-20-7-6-13(12)14/h3-5,11,19H,2,6-10H2,1H3. The molecule has 0 aliphatic carbocycles. The smallest absolute Gasteiger partial charge is 0.385 e. The summed E-state index contributed by atoms with van der Waals surface area (Å²) in [6.45, 7) is 3.41. The molecule has 1 aromatic carbocycles. The lowest BCUT2D eigenvalue weighted by molar-refractivity contribution is -0.143. The quantitative estimate of drug-likeness (QED) is 0.878. The van der Waals surface area contributed by atoms with Crippen LogP contribution >= 0.6 is 0 Å². The molecule has 2 rings (SSSR count). The largest absolute Gasteiger partial charge is 0.389 e. The Morgan fingerprint density at radius 2 is 2.15 bits per heavy atom. The van der Waals surface area contributed by atoms with Crippen LogP contribution in [0.25, 0.3) is 0 Å². The van der Waals surface area contributed by atoms with E-state index in [-0.39, 0.29) is 5.92 Å². The summed E-state index contributed by atoms with van der Waals surface area (Å²) in [6.07, 6.45) is -3.49. The average molecular weight is 287 g/mol. The minimum absolute atomic E-state index is 0.354. The highest BCUT2D eigenvalue weighted by Gasteiger charge is 2.31. The second kappa shape index (κ2) is 6.48. The van der Waals surface area contributed by atoms with E-state index in [0.717, 1.165) is 17.7 Å². The first-order valence-electron chi connectivity index (χ1n) is 6.98. The van der Waals surface area contributed by atoms with Crippen LogP contribution in [0.2, 0.25) is 0 Å². The van der Waals surface area contributed by atoms with Crippen molar-refractivity contribution >= 4 is 5.69 Å². The Labute approximate surface area is 117 Å². The van der Waals surface area contributed by atoms with Crippen LogP contribution in [0.4, 0.5) is 18.9 Å². The zero-order chi connectivity index (χ0) is 14.6. The van der Waals surface area contributed by atoms with Crippen LogP contribution < -0.4 is 5.32 Å². The minimum atomic E-state index is -4.09. The second-order valence-electron chi connectivity index (χ2n) is 5.22. The summed E-state index contributed by atoms with van der Waals surface area (Å²) in [5.74, 6) is -0.384. The molecule has 1 atom stereocenters. The summed E-state index contributed by atoms with van der Waals surface area (Å²) in [7, 11) is 0. The van der Waals surface area contributed by atoms with Gasteiger partial charge in [0.05, 0.1) is 13.2 Å². The molecule has 1 aromatic rings. The minimum Gasteiger partial charge on any atom is -0.385 e. The van der Waals surface area contributed by atoms with Crippen LogP contribution in [-0.4, -0.2) is 19.3 Å². The Morgan fingerprint density at radius 3 is 2.85 bits per heavy atom. The van der Waals surface area contributed by atoms with Gasteiger partial charge >= 0.3 is 6.18 Å². The Hall–Kier alpha value is -1.23. The van der Waals surface area contributed by atoms with Gasteiger partial charge in [-0.05, 0) is 29.5 Å². The first kappa shape index (κ1) is 15.2. The predicted octanol–water partition coefficient (Wildman–Crippen LogP) is 4.15.